The van der Waals surface area contributed by atoms with Crippen molar-refractivity contribution in [1.82, 2.24) is 9.71 Å². The van der Waals surface area contributed by atoms with E-state index in [2.05, 4.69) is 82.0 Å². The lowest BCUT2D eigenvalue weighted by Crippen LogP contribution is -2.51. The first-order chi connectivity index (χ1) is 19.8. The number of benzene rings is 3. The minimum absolute atomic E-state index is 0.00900. The van der Waals surface area contributed by atoms with Gasteiger partial charge in [0.15, 0.2) is 0 Å². The van der Waals surface area contributed by atoms with Crippen molar-refractivity contribution < 1.29 is 9.41 Å². The second-order valence-electron chi connectivity index (χ2n) is 12.0. The van der Waals surface area contributed by atoms with Crippen molar-refractivity contribution in [1.29, 1.82) is 0 Å². The summed E-state index contributed by atoms with van der Waals surface area (Å²) < 4.78 is 13.0. The second kappa shape index (κ2) is 11.1. The molecule has 4 aliphatic rings. The Morgan fingerprint density at radius 2 is 1.22 bits per heavy atom. The summed E-state index contributed by atoms with van der Waals surface area (Å²) in [4.78, 5) is 4.56. The third-order valence-electron chi connectivity index (χ3n) is 9.62. The fourth-order valence-corrected chi connectivity index (χ4v) is 6.97. The van der Waals surface area contributed by atoms with Crippen LogP contribution in [0.1, 0.15) is 42.4 Å². The van der Waals surface area contributed by atoms with Gasteiger partial charge in [0.05, 0.1) is 11.1 Å². The molecule has 212 valence electrons. The number of hydrogen-bond acceptors (Lipinski definition) is 5. The van der Waals surface area contributed by atoms with Gasteiger partial charge in [-0.25, -0.2) is 4.39 Å². The molecule has 0 bridgehead atoms. The van der Waals surface area contributed by atoms with Gasteiger partial charge in [0.1, 0.15) is 5.82 Å². The van der Waals surface area contributed by atoms with E-state index >= 15 is 0 Å². The topological polar surface area (TPSA) is 50.8 Å². The number of hydrogen-bond donors (Lipinski definition) is 3. The lowest BCUT2D eigenvalue weighted by molar-refractivity contribution is 0.192. The Morgan fingerprint density at radius 1 is 0.756 bits per heavy atom. The summed E-state index contributed by atoms with van der Waals surface area (Å²) in [5.74, 6) is -0.171. The van der Waals surface area contributed by atoms with Gasteiger partial charge in [-0.05, 0) is 86.6 Å². The van der Waals surface area contributed by atoms with Crippen LogP contribution in [0.4, 0.5) is 15.8 Å². The summed E-state index contributed by atoms with van der Waals surface area (Å²) in [7, 11) is -0.348. The third kappa shape index (κ3) is 5.34. The van der Waals surface area contributed by atoms with Gasteiger partial charge in [0.25, 0.3) is 0 Å². The molecule has 0 radical (unpaired) electrons. The van der Waals surface area contributed by atoms with Crippen molar-refractivity contribution in [3.05, 3.63) is 108 Å². The summed E-state index contributed by atoms with van der Waals surface area (Å²) in [6.07, 6.45) is 4.13. The predicted octanol–water partition coefficient (Wildman–Crippen LogP) is 6.37. The lowest BCUT2D eigenvalue weighted by Gasteiger charge is -2.41. The van der Waals surface area contributed by atoms with Gasteiger partial charge in [-0.15, -0.1) is 0 Å². The lowest BCUT2D eigenvalue weighted by atomic mass is 9.76. The van der Waals surface area contributed by atoms with Crippen LogP contribution in [0, 0.1) is 5.82 Å². The average Bonchev–Trinajstić information content (AvgIpc) is 3.42. The van der Waals surface area contributed by atoms with Crippen LogP contribution < -0.4 is 10.6 Å². The molecule has 0 aliphatic carbocycles. The zero-order valence-corrected chi connectivity index (χ0v) is 24.0. The first kappa shape index (κ1) is 27.8. The van der Waals surface area contributed by atoms with E-state index in [1.165, 1.54) is 51.3 Å². The van der Waals surface area contributed by atoms with Gasteiger partial charge < -0.3 is 20.5 Å². The van der Waals surface area contributed by atoms with E-state index in [-0.39, 0.29) is 23.9 Å². The number of piperidine rings is 2. The Labute approximate surface area is 243 Å². The minimum Gasteiger partial charge on any atom is -0.437 e. The molecule has 3 aromatic rings. The zero-order valence-electron chi connectivity index (χ0n) is 24.0. The smallest absolute Gasteiger partial charge is 0.376 e. The maximum atomic E-state index is 13.0. The van der Waals surface area contributed by atoms with Crippen molar-refractivity contribution in [2.75, 3.05) is 36.8 Å². The summed E-state index contributed by atoms with van der Waals surface area (Å²) in [6.45, 7) is 15.3. The highest BCUT2D eigenvalue weighted by molar-refractivity contribution is 6.45. The van der Waals surface area contributed by atoms with E-state index in [0.717, 1.165) is 58.4 Å². The van der Waals surface area contributed by atoms with E-state index in [1.54, 1.807) is 0 Å². The molecule has 3 aromatic carbocycles. The van der Waals surface area contributed by atoms with E-state index in [9.17, 15) is 9.41 Å². The second-order valence-corrected chi connectivity index (χ2v) is 12.0. The predicted molar refractivity (Wildman–Crippen MR) is 169 cm³/mol. The summed E-state index contributed by atoms with van der Waals surface area (Å²) in [5, 5.41) is 17.0. The quantitative estimate of drug-likeness (QED) is 0.331. The van der Waals surface area contributed by atoms with Crippen molar-refractivity contribution in [3.8, 4) is 0 Å². The fraction of sp³-hybridized carbons (Fsp3) is 0.353. The SMILES string of the molecule is C=C1c2ccccc2NC12CCN(B(C)O)CC2.C=C1c2ccccc2NC12CCN(Cc1ccc(F)cc1)CC2. The van der Waals surface area contributed by atoms with Gasteiger partial charge >= 0.3 is 7.05 Å². The molecule has 5 nitrogen and oxygen atoms in total. The number of nitrogens with zero attached hydrogens (tertiary/aromatic N) is 2. The normalized spacial score (nSPS) is 20.6. The molecular formula is C34H40BFN4O. The molecule has 4 heterocycles. The maximum absolute atomic E-state index is 13.0. The van der Waals surface area contributed by atoms with E-state index in [4.69, 9.17) is 0 Å². The van der Waals surface area contributed by atoms with Crippen molar-refractivity contribution in [3.63, 3.8) is 0 Å². The Morgan fingerprint density at radius 3 is 1.68 bits per heavy atom. The maximum Gasteiger partial charge on any atom is 0.376 e. The Balaban J connectivity index is 0.000000152. The van der Waals surface area contributed by atoms with Crippen LogP contribution in [0.2, 0.25) is 6.82 Å². The molecule has 2 spiro atoms. The number of likely N-dealkylation sites (tertiary alicyclic amines) is 1. The monoisotopic (exact) mass is 550 g/mol. The van der Waals surface area contributed by atoms with Crippen molar-refractivity contribution in [2.24, 2.45) is 0 Å². The molecule has 0 atom stereocenters. The van der Waals surface area contributed by atoms with Crippen LogP contribution in [0.15, 0.2) is 86.0 Å². The van der Waals surface area contributed by atoms with Crippen LogP contribution in [0.25, 0.3) is 11.1 Å². The molecule has 2 saturated heterocycles. The highest BCUT2D eigenvalue weighted by Gasteiger charge is 2.44. The molecule has 7 heteroatoms. The summed E-state index contributed by atoms with van der Waals surface area (Å²) in [6, 6.07) is 23.7. The van der Waals surface area contributed by atoms with E-state index in [1.807, 2.05) is 19.0 Å². The van der Waals surface area contributed by atoms with Gasteiger partial charge in [-0.2, -0.15) is 0 Å². The number of fused-ring (bicyclic) bond motifs is 2. The van der Waals surface area contributed by atoms with Crippen LogP contribution in [-0.2, 0) is 6.54 Å². The largest absolute Gasteiger partial charge is 0.437 e. The average molecular weight is 551 g/mol. The molecular weight excluding hydrogens is 510 g/mol. The molecule has 7 rings (SSSR count). The number of anilines is 2. The van der Waals surface area contributed by atoms with Gasteiger partial charge in [-0.3, -0.25) is 4.90 Å². The van der Waals surface area contributed by atoms with Gasteiger partial charge in [0.2, 0.25) is 0 Å². The number of para-hydroxylation sites is 2. The number of rotatable bonds is 3. The third-order valence-corrected chi connectivity index (χ3v) is 9.62. The Hall–Kier alpha value is -3.39. The fourth-order valence-electron chi connectivity index (χ4n) is 6.97. The molecule has 0 amide bonds. The molecule has 3 N–H and O–H groups in total. The molecule has 2 fully saturated rings. The summed E-state index contributed by atoms with van der Waals surface area (Å²) in [5.41, 5.74) is 8.57. The molecule has 41 heavy (non-hydrogen) atoms. The zero-order chi connectivity index (χ0) is 28.6. The number of nitrogens with one attached hydrogen (secondary N) is 2. The molecule has 4 aliphatic heterocycles. The van der Waals surface area contributed by atoms with E-state index < -0.39 is 0 Å². The first-order valence-electron chi connectivity index (χ1n) is 14.8. The Bertz CT molecular complexity index is 1420. The minimum atomic E-state index is -0.348. The van der Waals surface area contributed by atoms with Crippen LogP contribution in [0.3, 0.4) is 0 Å². The molecule has 0 unspecified atom stereocenters. The number of halogens is 1. The molecule has 0 saturated carbocycles. The van der Waals surface area contributed by atoms with E-state index in [0.29, 0.717) is 0 Å². The van der Waals surface area contributed by atoms with Crippen LogP contribution in [0.5, 0.6) is 0 Å². The standard InChI is InChI=1S/C20H21FN2.C14H19BN2O/c1-15-18-4-2-3-5-19(18)22-20(15)10-12-23(13-11-20)14-16-6-8-17(21)9-7-16;1-11-12-5-3-4-6-13(12)16-14(11)7-9-17(10-8-14)15(2)18/h2-9,22H,1,10-14H2;3-6,16,18H,1,7-10H2,2H3. The summed E-state index contributed by atoms with van der Waals surface area (Å²) >= 11 is 0. The molecule has 0 aromatic heterocycles. The first-order valence-corrected chi connectivity index (χ1v) is 14.8. The van der Waals surface area contributed by atoms with Gasteiger partial charge in [-0.1, -0.05) is 61.7 Å². The van der Waals surface area contributed by atoms with Crippen molar-refractivity contribution in [2.45, 2.75) is 50.1 Å². The highest BCUT2D eigenvalue weighted by Crippen LogP contribution is 2.47. The van der Waals surface area contributed by atoms with Crippen LogP contribution >= 0.6 is 0 Å². The van der Waals surface area contributed by atoms with Crippen molar-refractivity contribution >= 4 is 29.6 Å². The van der Waals surface area contributed by atoms with Gasteiger partial charge in [0, 0.05) is 42.1 Å². The Kier molecular flexibility index (Phi) is 7.53. The van der Waals surface area contributed by atoms with Crippen LogP contribution in [-0.4, -0.2) is 59.0 Å². The highest BCUT2D eigenvalue weighted by atomic mass is 19.1.